The number of hydrogen-bond donors (Lipinski definition) is 2. The van der Waals surface area contributed by atoms with Crippen LogP contribution in [0.25, 0.3) is 6.08 Å². The van der Waals surface area contributed by atoms with Crippen molar-refractivity contribution in [2.75, 3.05) is 43.7 Å². The van der Waals surface area contributed by atoms with Crippen molar-refractivity contribution in [3.05, 3.63) is 53.6 Å². The van der Waals surface area contributed by atoms with E-state index in [-0.39, 0.29) is 12.2 Å². The van der Waals surface area contributed by atoms with Crippen LogP contribution in [0.2, 0.25) is 0 Å². The molecule has 2 aromatic carbocycles. The fraction of sp³-hybridized carbons (Fsp3) is 0.261. The molecule has 0 aliphatic carbocycles. The SMILES string of the molecule is CCN(CCO)c1ccc(N2C(=O)NC(=O)C(=Cc3ccc(OC)cc3OC)C2=O)cc1. The minimum atomic E-state index is -0.825. The number of hydrogen-bond acceptors (Lipinski definition) is 7. The van der Waals surface area contributed by atoms with Gasteiger partial charge in [-0.25, -0.2) is 9.69 Å². The fourth-order valence-electron chi connectivity index (χ4n) is 3.39. The lowest BCUT2D eigenvalue weighted by molar-refractivity contribution is -0.122. The van der Waals surface area contributed by atoms with Crippen LogP contribution in [0.4, 0.5) is 16.2 Å². The molecule has 3 rings (SSSR count). The van der Waals surface area contributed by atoms with Crippen LogP contribution >= 0.6 is 0 Å². The Morgan fingerprint density at radius 1 is 1.06 bits per heavy atom. The lowest BCUT2D eigenvalue weighted by Gasteiger charge is -2.27. The number of likely N-dealkylation sites (N-methyl/N-ethyl adjacent to an activating group) is 1. The van der Waals surface area contributed by atoms with Crippen LogP contribution in [-0.2, 0) is 9.59 Å². The van der Waals surface area contributed by atoms with Crippen molar-refractivity contribution in [3.8, 4) is 11.5 Å². The molecule has 0 bridgehead atoms. The van der Waals surface area contributed by atoms with Gasteiger partial charge < -0.3 is 19.5 Å². The molecule has 1 fully saturated rings. The Morgan fingerprint density at radius 2 is 1.78 bits per heavy atom. The maximum absolute atomic E-state index is 13.1. The molecule has 0 saturated carbocycles. The van der Waals surface area contributed by atoms with E-state index in [1.54, 1.807) is 42.5 Å². The third-order valence-electron chi connectivity index (χ3n) is 5.07. The number of nitrogens with zero attached hydrogens (tertiary/aromatic N) is 2. The van der Waals surface area contributed by atoms with Crippen molar-refractivity contribution in [3.63, 3.8) is 0 Å². The van der Waals surface area contributed by atoms with Gasteiger partial charge in [-0.3, -0.25) is 14.9 Å². The van der Waals surface area contributed by atoms with Gasteiger partial charge in [0.15, 0.2) is 0 Å². The molecular weight excluding hydrogens is 414 g/mol. The highest BCUT2D eigenvalue weighted by Crippen LogP contribution is 2.29. The molecule has 1 aliphatic heterocycles. The molecular formula is C23H25N3O6. The summed E-state index contributed by atoms with van der Waals surface area (Å²) in [6, 6.07) is 10.9. The summed E-state index contributed by atoms with van der Waals surface area (Å²) in [5, 5.41) is 11.4. The smallest absolute Gasteiger partial charge is 0.335 e. The average Bonchev–Trinajstić information content (AvgIpc) is 2.80. The lowest BCUT2D eigenvalue weighted by atomic mass is 10.1. The van der Waals surface area contributed by atoms with Gasteiger partial charge in [0.1, 0.15) is 17.1 Å². The molecule has 0 unspecified atom stereocenters. The van der Waals surface area contributed by atoms with E-state index in [1.165, 1.54) is 20.3 Å². The van der Waals surface area contributed by atoms with E-state index >= 15 is 0 Å². The van der Waals surface area contributed by atoms with Crippen molar-refractivity contribution in [2.24, 2.45) is 0 Å². The van der Waals surface area contributed by atoms with E-state index in [4.69, 9.17) is 9.47 Å². The fourth-order valence-corrected chi connectivity index (χ4v) is 3.39. The van der Waals surface area contributed by atoms with Gasteiger partial charge in [-0.2, -0.15) is 0 Å². The molecule has 2 aromatic rings. The van der Waals surface area contributed by atoms with Crippen LogP contribution in [0.1, 0.15) is 12.5 Å². The molecule has 32 heavy (non-hydrogen) atoms. The second-order valence-corrected chi connectivity index (χ2v) is 6.89. The molecule has 4 amide bonds. The number of benzene rings is 2. The summed E-state index contributed by atoms with van der Waals surface area (Å²) in [5.74, 6) is -0.561. The van der Waals surface area contributed by atoms with E-state index in [9.17, 15) is 19.5 Å². The number of carbonyl (C=O) groups is 3. The molecule has 0 atom stereocenters. The Balaban J connectivity index is 1.94. The van der Waals surface area contributed by atoms with Crippen molar-refractivity contribution in [2.45, 2.75) is 6.92 Å². The van der Waals surface area contributed by atoms with Crippen molar-refractivity contribution < 1.29 is 29.0 Å². The Bertz CT molecular complexity index is 1050. The molecule has 168 valence electrons. The second-order valence-electron chi connectivity index (χ2n) is 6.89. The van der Waals surface area contributed by atoms with Gasteiger partial charge in [0.25, 0.3) is 11.8 Å². The predicted molar refractivity (Wildman–Crippen MR) is 120 cm³/mol. The third kappa shape index (κ3) is 4.57. The minimum Gasteiger partial charge on any atom is -0.497 e. The van der Waals surface area contributed by atoms with Crippen LogP contribution in [0.5, 0.6) is 11.5 Å². The molecule has 2 N–H and O–H groups in total. The highest BCUT2D eigenvalue weighted by molar-refractivity contribution is 6.39. The van der Waals surface area contributed by atoms with Gasteiger partial charge in [-0.05, 0) is 49.4 Å². The molecule has 1 aliphatic rings. The maximum atomic E-state index is 13.1. The van der Waals surface area contributed by atoms with Crippen LogP contribution in [0.3, 0.4) is 0 Å². The summed E-state index contributed by atoms with van der Waals surface area (Å²) >= 11 is 0. The number of rotatable bonds is 8. The number of carbonyl (C=O) groups excluding carboxylic acids is 3. The molecule has 9 nitrogen and oxygen atoms in total. The number of urea groups is 1. The monoisotopic (exact) mass is 439 g/mol. The summed E-state index contributed by atoms with van der Waals surface area (Å²) in [6.45, 7) is 3.12. The standard InChI is InChI=1S/C23H25N3O6/c1-4-25(11-12-27)16-6-8-17(9-7-16)26-22(29)19(21(28)24-23(26)30)13-15-5-10-18(31-2)14-20(15)32-3/h5-10,13-14,27H,4,11-12H2,1-3H3,(H,24,28,30). The van der Waals surface area contributed by atoms with Crippen LogP contribution in [-0.4, -0.2) is 56.9 Å². The van der Waals surface area contributed by atoms with Gasteiger partial charge in [-0.15, -0.1) is 0 Å². The first kappa shape index (κ1) is 22.8. The number of aliphatic hydroxyl groups is 1. The summed E-state index contributed by atoms with van der Waals surface area (Å²) in [6.07, 6.45) is 1.38. The normalized spacial score (nSPS) is 15.1. The number of aliphatic hydroxyl groups excluding tert-OH is 1. The van der Waals surface area contributed by atoms with Crippen LogP contribution in [0.15, 0.2) is 48.0 Å². The molecule has 1 saturated heterocycles. The van der Waals surface area contributed by atoms with E-state index in [0.29, 0.717) is 35.8 Å². The Hall–Kier alpha value is -3.85. The van der Waals surface area contributed by atoms with E-state index in [2.05, 4.69) is 5.32 Å². The van der Waals surface area contributed by atoms with Crippen LogP contribution in [0, 0.1) is 0 Å². The van der Waals surface area contributed by atoms with E-state index in [1.807, 2.05) is 11.8 Å². The number of imide groups is 2. The predicted octanol–water partition coefficient (Wildman–Crippen LogP) is 2.19. The number of ether oxygens (including phenoxy) is 2. The van der Waals surface area contributed by atoms with Gasteiger partial charge in [0, 0.05) is 30.4 Å². The third-order valence-corrected chi connectivity index (χ3v) is 5.07. The van der Waals surface area contributed by atoms with Gasteiger partial charge in [-0.1, -0.05) is 0 Å². The second kappa shape index (κ2) is 9.97. The molecule has 9 heteroatoms. The number of barbiturate groups is 1. The highest BCUT2D eigenvalue weighted by Gasteiger charge is 2.37. The first-order valence-electron chi connectivity index (χ1n) is 10.0. The average molecular weight is 439 g/mol. The maximum Gasteiger partial charge on any atom is 0.335 e. The van der Waals surface area contributed by atoms with Gasteiger partial charge >= 0.3 is 6.03 Å². The van der Waals surface area contributed by atoms with Crippen molar-refractivity contribution in [1.29, 1.82) is 0 Å². The summed E-state index contributed by atoms with van der Waals surface area (Å²) in [5.41, 5.74) is 1.44. The van der Waals surface area contributed by atoms with Crippen molar-refractivity contribution >= 4 is 35.3 Å². The minimum absolute atomic E-state index is 0.00764. The summed E-state index contributed by atoms with van der Waals surface area (Å²) < 4.78 is 10.5. The lowest BCUT2D eigenvalue weighted by Crippen LogP contribution is -2.54. The van der Waals surface area contributed by atoms with Gasteiger partial charge in [0.05, 0.1) is 26.5 Å². The summed E-state index contributed by atoms with van der Waals surface area (Å²) in [7, 11) is 2.98. The zero-order valence-corrected chi connectivity index (χ0v) is 18.1. The summed E-state index contributed by atoms with van der Waals surface area (Å²) in [4.78, 5) is 40.9. The van der Waals surface area contributed by atoms with E-state index in [0.717, 1.165) is 10.6 Å². The van der Waals surface area contributed by atoms with Crippen LogP contribution < -0.4 is 24.6 Å². The Morgan fingerprint density at radius 3 is 2.38 bits per heavy atom. The first-order chi connectivity index (χ1) is 15.4. The first-order valence-corrected chi connectivity index (χ1v) is 10.0. The molecule has 0 spiro atoms. The van der Waals surface area contributed by atoms with E-state index < -0.39 is 17.8 Å². The highest BCUT2D eigenvalue weighted by atomic mass is 16.5. The number of anilines is 2. The van der Waals surface area contributed by atoms with Gasteiger partial charge in [0.2, 0.25) is 0 Å². The topological polar surface area (TPSA) is 108 Å². The zero-order chi connectivity index (χ0) is 23.3. The number of amides is 4. The quantitative estimate of drug-likeness (QED) is 0.479. The van der Waals surface area contributed by atoms with Crippen molar-refractivity contribution in [1.82, 2.24) is 5.32 Å². The Kier molecular flexibility index (Phi) is 7.11. The molecule has 0 radical (unpaired) electrons. The number of nitrogens with one attached hydrogen (secondary N) is 1. The molecule has 1 heterocycles. The molecule has 0 aromatic heterocycles. The zero-order valence-electron chi connectivity index (χ0n) is 18.1. The largest absolute Gasteiger partial charge is 0.497 e. The Labute approximate surface area is 185 Å². The number of methoxy groups -OCH3 is 2.